The van der Waals surface area contributed by atoms with Gasteiger partial charge in [0.15, 0.2) is 18.1 Å². The van der Waals surface area contributed by atoms with Crippen LogP contribution in [0.5, 0.6) is 0 Å². The van der Waals surface area contributed by atoms with Gasteiger partial charge in [0.25, 0.3) is 11.5 Å². The van der Waals surface area contributed by atoms with Crippen LogP contribution in [0.25, 0.3) is 0 Å². The highest BCUT2D eigenvalue weighted by Gasteiger charge is 2.52. The number of nitrogens with two attached hydrogens (primary N) is 1. The second-order valence-electron chi connectivity index (χ2n) is 8.26. The summed E-state index contributed by atoms with van der Waals surface area (Å²) in [6.45, 7) is 0.337. The first-order valence-electron chi connectivity index (χ1n) is 11.2. The molecule has 7 N–H and O–H groups in total. The van der Waals surface area contributed by atoms with Crippen LogP contribution >= 0.6 is 11.8 Å². The second-order valence-corrected chi connectivity index (χ2v) is 9.24. The molecule has 2 aliphatic rings. The largest absolute Gasteiger partial charge is 0.456 e. The quantitative estimate of drug-likeness (QED) is 0.149. The molecule has 0 aliphatic carbocycles. The van der Waals surface area contributed by atoms with Crippen LogP contribution in [0.2, 0.25) is 0 Å². The van der Waals surface area contributed by atoms with Gasteiger partial charge < -0.3 is 45.3 Å². The fraction of sp³-hybridized carbons (Fsp3) is 0.619. The van der Waals surface area contributed by atoms with Crippen LogP contribution in [0, 0.1) is 0 Å². The van der Waals surface area contributed by atoms with Crippen LogP contribution < -0.4 is 22.3 Å². The van der Waals surface area contributed by atoms with Crippen molar-refractivity contribution < 1.29 is 43.9 Å². The molecule has 2 aliphatic heterocycles. The Morgan fingerprint density at radius 2 is 2.03 bits per heavy atom. The maximum Gasteiger partial charge on any atom is 0.330 e. The number of carbonyl (C=O) groups excluding carboxylic acids is 2. The molecule has 206 valence electrons. The monoisotopic (exact) mass is 546 g/mol. The zero-order valence-corrected chi connectivity index (χ0v) is 20.8. The zero-order valence-electron chi connectivity index (χ0n) is 20.0. The third kappa shape index (κ3) is 6.59. The molecule has 0 radical (unpaired) electrons. The lowest BCUT2D eigenvalue weighted by atomic mass is 10.0. The van der Waals surface area contributed by atoms with Crippen molar-refractivity contribution in [2.24, 2.45) is 5.73 Å². The van der Waals surface area contributed by atoms with Gasteiger partial charge in [-0.2, -0.15) is 11.8 Å². The van der Waals surface area contributed by atoms with Gasteiger partial charge >= 0.3 is 5.69 Å². The lowest BCUT2D eigenvalue weighted by Gasteiger charge is -2.35. The Kier molecular flexibility index (Phi) is 9.88. The van der Waals surface area contributed by atoms with E-state index in [2.05, 4.69) is 5.32 Å². The van der Waals surface area contributed by atoms with E-state index in [1.807, 2.05) is 11.2 Å². The van der Waals surface area contributed by atoms with Crippen molar-refractivity contribution in [3.63, 3.8) is 0 Å². The SMILES string of the molecule is CO[C@H]1[C@@H](O)[C@H](n2ccc(=O)[nH]c2=O)O[C@@H]1[C@@H](O[C@H]1OC(C(=O)NCCCSC)=C[C@H](O)[C@@H]1O)C(N)=O. The second kappa shape index (κ2) is 12.7. The first kappa shape index (κ1) is 28.8. The summed E-state index contributed by atoms with van der Waals surface area (Å²) in [5.41, 5.74) is 3.94. The van der Waals surface area contributed by atoms with Crippen molar-refractivity contribution >= 4 is 23.6 Å². The number of carbonyl (C=O) groups is 2. The van der Waals surface area contributed by atoms with Crippen molar-refractivity contribution in [1.82, 2.24) is 14.9 Å². The normalized spacial score (nSPS) is 30.3. The predicted octanol–water partition coefficient (Wildman–Crippen LogP) is -3.49. The minimum absolute atomic E-state index is 0.337. The Bertz CT molecular complexity index is 1110. The average molecular weight is 547 g/mol. The molecule has 0 saturated carbocycles. The summed E-state index contributed by atoms with van der Waals surface area (Å²) in [4.78, 5) is 50.4. The van der Waals surface area contributed by atoms with Crippen LogP contribution in [0.3, 0.4) is 0 Å². The summed E-state index contributed by atoms with van der Waals surface area (Å²) >= 11 is 1.61. The number of rotatable bonds is 11. The van der Waals surface area contributed by atoms with Gasteiger partial charge in [0.05, 0.1) is 0 Å². The maximum atomic E-state index is 12.4. The van der Waals surface area contributed by atoms with Crippen LogP contribution in [0.1, 0.15) is 12.6 Å². The number of H-pyrrole nitrogens is 1. The molecule has 0 bridgehead atoms. The third-order valence-electron chi connectivity index (χ3n) is 5.73. The van der Waals surface area contributed by atoms with E-state index >= 15 is 0 Å². The van der Waals surface area contributed by atoms with Crippen molar-refractivity contribution in [3.05, 3.63) is 44.9 Å². The summed E-state index contributed by atoms with van der Waals surface area (Å²) in [7, 11) is 1.21. The minimum Gasteiger partial charge on any atom is -0.456 e. The van der Waals surface area contributed by atoms with E-state index in [9.17, 15) is 34.5 Å². The molecule has 3 rings (SSSR count). The van der Waals surface area contributed by atoms with E-state index in [0.29, 0.717) is 13.0 Å². The predicted molar refractivity (Wildman–Crippen MR) is 127 cm³/mol. The number of aliphatic hydroxyl groups excluding tert-OH is 3. The van der Waals surface area contributed by atoms with E-state index < -0.39 is 72.2 Å². The molecule has 0 aromatic carbocycles. The number of methoxy groups -OCH3 is 1. The van der Waals surface area contributed by atoms with Gasteiger partial charge in [0.2, 0.25) is 12.2 Å². The Hall–Kier alpha value is -2.73. The number of hydrogen-bond acceptors (Lipinski definition) is 12. The highest BCUT2D eigenvalue weighted by Crippen LogP contribution is 2.34. The van der Waals surface area contributed by atoms with Crippen LogP contribution in [0.4, 0.5) is 0 Å². The van der Waals surface area contributed by atoms with E-state index in [-0.39, 0.29) is 5.76 Å². The summed E-state index contributed by atoms with van der Waals surface area (Å²) in [5, 5.41) is 34.0. The van der Waals surface area contributed by atoms with E-state index in [4.69, 9.17) is 24.7 Å². The van der Waals surface area contributed by atoms with Crippen molar-refractivity contribution in [2.45, 2.75) is 55.6 Å². The van der Waals surface area contributed by atoms with Gasteiger partial charge in [-0.05, 0) is 24.5 Å². The number of aromatic amines is 1. The molecule has 1 saturated heterocycles. The standard InChI is InChI=1S/C21H30N4O11S/c1-33-14-13(29)19(25-6-4-11(27)24-21(25)32)35-15(14)16(17(22)30)36-20-12(28)9(26)8-10(34-20)18(31)23-5-3-7-37-2/h4,6,8-9,12-16,19-20,26,28-29H,3,5,7H2,1-2H3,(H2,22,30)(H,23,31)(H,24,27,32)/t9-,12-,13+,14-,15-,16+,19+,20+/m0/s1. The highest BCUT2D eigenvalue weighted by molar-refractivity contribution is 7.98. The van der Waals surface area contributed by atoms with Gasteiger partial charge in [-0.3, -0.25) is 23.9 Å². The molecule has 16 heteroatoms. The van der Waals surface area contributed by atoms with Gasteiger partial charge in [0.1, 0.15) is 30.5 Å². The van der Waals surface area contributed by atoms with Crippen LogP contribution in [-0.2, 0) is 28.5 Å². The number of aromatic nitrogens is 2. The van der Waals surface area contributed by atoms with Gasteiger partial charge in [-0.15, -0.1) is 0 Å². The highest BCUT2D eigenvalue weighted by atomic mass is 32.2. The molecule has 37 heavy (non-hydrogen) atoms. The number of hydrogen-bond donors (Lipinski definition) is 6. The molecule has 0 unspecified atom stereocenters. The Morgan fingerprint density at radius 3 is 2.65 bits per heavy atom. The Balaban J connectivity index is 1.79. The molecule has 1 aromatic heterocycles. The van der Waals surface area contributed by atoms with Gasteiger partial charge in [-0.25, -0.2) is 4.79 Å². The molecule has 0 spiro atoms. The first-order chi connectivity index (χ1) is 17.6. The Labute approximate surface area is 214 Å². The fourth-order valence-corrected chi connectivity index (χ4v) is 4.33. The molecule has 1 aromatic rings. The van der Waals surface area contributed by atoms with Crippen LogP contribution in [-0.4, -0.2) is 105 Å². The molecular weight excluding hydrogens is 516 g/mol. The van der Waals surface area contributed by atoms with Crippen molar-refractivity contribution in [2.75, 3.05) is 25.7 Å². The lowest BCUT2D eigenvalue weighted by Crippen LogP contribution is -2.54. The van der Waals surface area contributed by atoms with E-state index in [1.54, 1.807) is 11.8 Å². The fourth-order valence-electron chi connectivity index (χ4n) is 3.89. The number of nitrogens with zero attached hydrogens (tertiary/aromatic N) is 1. The number of primary amides is 1. The van der Waals surface area contributed by atoms with Crippen LogP contribution in [0.15, 0.2) is 33.7 Å². The first-order valence-corrected chi connectivity index (χ1v) is 12.6. The maximum absolute atomic E-state index is 12.4. The third-order valence-corrected chi connectivity index (χ3v) is 6.43. The number of aliphatic hydroxyl groups is 3. The molecule has 8 atom stereocenters. The molecule has 1 fully saturated rings. The average Bonchev–Trinajstić information content (AvgIpc) is 3.17. The summed E-state index contributed by atoms with van der Waals surface area (Å²) in [6, 6.07) is 1.03. The molecule has 3 heterocycles. The van der Waals surface area contributed by atoms with Gasteiger partial charge in [0, 0.05) is 25.9 Å². The number of thioether (sulfide) groups is 1. The van der Waals surface area contributed by atoms with Crippen molar-refractivity contribution in [3.8, 4) is 0 Å². The number of nitrogens with one attached hydrogen (secondary N) is 2. The van der Waals surface area contributed by atoms with Gasteiger partial charge in [-0.1, -0.05) is 0 Å². The summed E-state index contributed by atoms with van der Waals surface area (Å²) in [6.07, 6.45) is -7.70. The number of ether oxygens (including phenoxy) is 4. The smallest absolute Gasteiger partial charge is 0.330 e. The molecule has 2 amide bonds. The minimum atomic E-state index is -1.74. The summed E-state index contributed by atoms with van der Waals surface area (Å²) < 4.78 is 22.8. The molecule has 15 nitrogen and oxygen atoms in total. The lowest BCUT2D eigenvalue weighted by molar-refractivity contribution is -0.241. The van der Waals surface area contributed by atoms with E-state index in [1.165, 1.54) is 7.11 Å². The zero-order chi connectivity index (χ0) is 27.3. The Morgan fingerprint density at radius 1 is 1.30 bits per heavy atom. The topological polar surface area (TPSA) is 225 Å². The van der Waals surface area contributed by atoms with Crippen molar-refractivity contribution in [1.29, 1.82) is 0 Å². The molecular formula is C21H30N4O11S. The number of amides is 2. The summed E-state index contributed by atoms with van der Waals surface area (Å²) in [5.74, 6) is -1.32. The van der Waals surface area contributed by atoms with E-state index in [0.717, 1.165) is 28.7 Å².